The Kier molecular flexibility index (Phi) is 7.72. The zero-order chi connectivity index (χ0) is 40.0. The SMILES string of the molecule is CC1(C)c2ccccc2-c2cc(-c3nc(-c4ccccc4)nc(-c4cccc(-c5ccc6nc(-c7ccccc7)c7ccc8sc9ccccc9c8c7c6c5)c4)n3)ccc21. The molecule has 0 saturated carbocycles. The largest absolute Gasteiger partial charge is 0.247 e. The van der Waals surface area contributed by atoms with E-state index in [1.165, 1.54) is 47.8 Å². The quantitative estimate of drug-likeness (QED) is 0.163. The molecule has 0 unspecified atom stereocenters. The van der Waals surface area contributed by atoms with Crippen LogP contribution in [0.1, 0.15) is 25.0 Å². The molecule has 0 spiro atoms. The van der Waals surface area contributed by atoms with E-state index in [2.05, 4.69) is 178 Å². The molecule has 1 aliphatic rings. The van der Waals surface area contributed by atoms with Crippen LogP contribution >= 0.6 is 11.3 Å². The van der Waals surface area contributed by atoms with Gasteiger partial charge in [0, 0.05) is 64.0 Å². The summed E-state index contributed by atoms with van der Waals surface area (Å²) >= 11 is 1.85. The van der Waals surface area contributed by atoms with Gasteiger partial charge in [0.25, 0.3) is 0 Å². The first-order valence-corrected chi connectivity index (χ1v) is 21.2. The highest BCUT2D eigenvalue weighted by Gasteiger charge is 2.35. The number of aromatic nitrogens is 4. The van der Waals surface area contributed by atoms with Crippen molar-refractivity contribution in [3.63, 3.8) is 0 Å². The highest BCUT2D eigenvalue weighted by molar-refractivity contribution is 7.26. The lowest BCUT2D eigenvalue weighted by atomic mass is 9.82. The summed E-state index contributed by atoms with van der Waals surface area (Å²) in [4.78, 5) is 20.8. The normalized spacial score (nSPS) is 13.0. The molecule has 4 nitrogen and oxygen atoms in total. The lowest BCUT2D eigenvalue weighted by molar-refractivity contribution is 0.660. The summed E-state index contributed by atoms with van der Waals surface area (Å²) < 4.78 is 2.56. The van der Waals surface area contributed by atoms with Crippen molar-refractivity contribution in [3.05, 3.63) is 193 Å². The maximum Gasteiger partial charge on any atom is 0.164 e. The molecule has 0 radical (unpaired) electrons. The summed E-state index contributed by atoms with van der Waals surface area (Å²) in [5.74, 6) is 1.93. The number of nitrogens with zero attached hydrogens (tertiary/aromatic N) is 4. The van der Waals surface area contributed by atoms with Crippen LogP contribution < -0.4 is 0 Å². The maximum atomic E-state index is 5.34. The highest BCUT2D eigenvalue weighted by Crippen LogP contribution is 2.50. The molecule has 1 aliphatic carbocycles. The van der Waals surface area contributed by atoms with Crippen LogP contribution in [0.3, 0.4) is 0 Å². The second-order valence-electron chi connectivity index (χ2n) is 16.2. The average molecular weight is 785 g/mol. The Bertz CT molecular complexity index is 3520. The fraction of sp³-hybridized carbons (Fsp3) is 0.0545. The number of hydrogen-bond acceptors (Lipinski definition) is 5. The Morgan fingerprint density at radius 2 is 0.983 bits per heavy atom. The zero-order valence-corrected chi connectivity index (χ0v) is 33.8. The van der Waals surface area contributed by atoms with E-state index >= 15 is 0 Å². The third-order valence-corrected chi connectivity index (χ3v) is 13.4. The highest BCUT2D eigenvalue weighted by atomic mass is 32.1. The van der Waals surface area contributed by atoms with Crippen molar-refractivity contribution in [2.75, 3.05) is 0 Å². The number of benzene rings is 8. The Balaban J connectivity index is 1.03. The van der Waals surface area contributed by atoms with Crippen LogP contribution in [0.15, 0.2) is 182 Å². The minimum atomic E-state index is -0.0802. The number of rotatable bonds is 5. The van der Waals surface area contributed by atoms with Gasteiger partial charge in [-0.2, -0.15) is 0 Å². The van der Waals surface area contributed by atoms with Crippen LogP contribution in [0.25, 0.3) is 110 Å². The number of pyridine rings is 1. The van der Waals surface area contributed by atoms with E-state index in [0.717, 1.165) is 55.4 Å². The first-order chi connectivity index (χ1) is 29.5. The van der Waals surface area contributed by atoms with Gasteiger partial charge in [-0.15, -0.1) is 11.3 Å². The van der Waals surface area contributed by atoms with Crippen LogP contribution in [0, 0.1) is 0 Å². The summed E-state index contributed by atoms with van der Waals surface area (Å²) in [6.45, 7) is 4.61. The van der Waals surface area contributed by atoms with Gasteiger partial charge in [0.1, 0.15) is 0 Å². The minimum Gasteiger partial charge on any atom is -0.247 e. The number of fused-ring (bicyclic) bond motifs is 10. The summed E-state index contributed by atoms with van der Waals surface area (Å²) in [5.41, 5.74) is 13.2. The first kappa shape index (κ1) is 34.7. The third-order valence-electron chi connectivity index (χ3n) is 12.3. The van der Waals surface area contributed by atoms with Crippen molar-refractivity contribution in [3.8, 4) is 67.7 Å². The fourth-order valence-electron chi connectivity index (χ4n) is 9.35. The van der Waals surface area contributed by atoms with E-state index in [4.69, 9.17) is 19.9 Å². The molecule has 282 valence electrons. The molecule has 0 aliphatic heterocycles. The molecular weight excluding hydrogens is 749 g/mol. The second kappa shape index (κ2) is 13.3. The average Bonchev–Trinajstić information content (AvgIpc) is 3.80. The molecule has 0 fully saturated rings. The fourth-order valence-corrected chi connectivity index (χ4v) is 10.5. The predicted octanol–water partition coefficient (Wildman–Crippen LogP) is 14.6. The van der Waals surface area contributed by atoms with Crippen LogP contribution in [0.4, 0.5) is 0 Å². The third kappa shape index (κ3) is 5.43. The predicted molar refractivity (Wildman–Crippen MR) is 250 cm³/mol. The van der Waals surface area contributed by atoms with Crippen molar-refractivity contribution in [2.45, 2.75) is 19.3 Å². The molecule has 0 amide bonds. The summed E-state index contributed by atoms with van der Waals surface area (Å²) in [6, 6.07) is 64.7. The van der Waals surface area contributed by atoms with Gasteiger partial charge in [-0.1, -0.05) is 159 Å². The molecule has 3 aromatic heterocycles. The van der Waals surface area contributed by atoms with Crippen LogP contribution in [0.2, 0.25) is 0 Å². The molecule has 0 atom stereocenters. The van der Waals surface area contributed by atoms with Crippen LogP contribution in [-0.4, -0.2) is 19.9 Å². The van der Waals surface area contributed by atoms with Crippen molar-refractivity contribution in [1.29, 1.82) is 0 Å². The van der Waals surface area contributed by atoms with E-state index in [-0.39, 0.29) is 5.41 Å². The molecule has 0 bridgehead atoms. The van der Waals surface area contributed by atoms with Gasteiger partial charge < -0.3 is 0 Å². The molecule has 12 rings (SSSR count). The lowest BCUT2D eigenvalue weighted by Crippen LogP contribution is -2.14. The van der Waals surface area contributed by atoms with E-state index in [1.54, 1.807) is 0 Å². The lowest BCUT2D eigenvalue weighted by Gasteiger charge is -2.21. The Morgan fingerprint density at radius 1 is 0.367 bits per heavy atom. The first-order valence-electron chi connectivity index (χ1n) is 20.4. The van der Waals surface area contributed by atoms with Crippen molar-refractivity contribution >= 4 is 53.2 Å². The standard InChI is InChI=1S/C55H36N4S/c1-55(2)44-22-11-9-20-39(44)42-32-38(24-27-45(42)55)54-58-52(34-16-7-4-8-17-34)57-53(59-54)37-19-13-18-35(30-37)36-25-28-46-43(31-36)49-41(51(56-46)33-14-5-3-6-15-33)26-29-48-50(49)40-21-10-12-23-47(40)60-48/h3-32H,1-2H3. The molecule has 0 saturated heterocycles. The van der Waals surface area contributed by atoms with Gasteiger partial charge >= 0.3 is 0 Å². The van der Waals surface area contributed by atoms with Crippen molar-refractivity contribution in [2.24, 2.45) is 0 Å². The Morgan fingerprint density at radius 3 is 1.80 bits per heavy atom. The molecule has 8 aromatic carbocycles. The molecule has 60 heavy (non-hydrogen) atoms. The van der Waals surface area contributed by atoms with Crippen LogP contribution in [-0.2, 0) is 5.41 Å². The van der Waals surface area contributed by atoms with E-state index in [0.29, 0.717) is 17.5 Å². The van der Waals surface area contributed by atoms with Gasteiger partial charge in [0.2, 0.25) is 0 Å². The van der Waals surface area contributed by atoms with E-state index in [1.807, 2.05) is 29.5 Å². The molecule has 5 heteroatoms. The Hall–Kier alpha value is -7.34. The molecule has 0 N–H and O–H groups in total. The summed E-state index contributed by atoms with van der Waals surface area (Å²) in [6.07, 6.45) is 0. The molecule has 3 heterocycles. The van der Waals surface area contributed by atoms with Crippen LogP contribution in [0.5, 0.6) is 0 Å². The van der Waals surface area contributed by atoms with Gasteiger partial charge in [-0.05, 0) is 69.8 Å². The Labute approximate surface area is 351 Å². The van der Waals surface area contributed by atoms with Gasteiger partial charge in [-0.3, -0.25) is 0 Å². The topological polar surface area (TPSA) is 51.6 Å². The smallest absolute Gasteiger partial charge is 0.164 e. The second-order valence-corrected chi connectivity index (χ2v) is 17.3. The maximum absolute atomic E-state index is 5.34. The summed E-state index contributed by atoms with van der Waals surface area (Å²) in [7, 11) is 0. The van der Waals surface area contributed by atoms with E-state index < -0.39 is 0 Å². The summed E-state index contributed by atoms with van der Waals surface area (Å²) in [5, 5.41) is 6.09. The van der Waals surface area contributed by atoms with E-state index in [9.17, 15) is 0 Å². The molecule has 11 aromatic rings. The van der Waals surface area contributed by atoms with Gasteiger partial charge in [-0.25, -0.2) is 19.9 Å². The zero-order valence-electron chi connectivity index (χ0n) is 33.0. The van der Waals surface area contributed by atoms with Gasteiger partial charge in [0.05, 0.1) is 11.2 Å². The number of thiophene rings is 1. The minimum absolute atomic E-state index is 0.0802. The molecular formula is C55H36N4S. The van der Waals surface area contributed by atoms with Crippen molar-refractivity contribution < 1.29 is 0 Å². The van der Waals surface area contributed by atoms with Crippen molar-refractivity contribution in [1.82, 2.24) is 19.9 Å². The monoisotopic (exact) mass is 784 g/mol. The van der Waals surface area contributed by atoms with Gasteiger partial charge in [0.15, 0.2) is 17.5 Å². The number of hydrogen-bond donors (Lipinski definition) is 0.